The van der Waals surface area contributed by atoms with Crippen LogP contribution in [0.3, 0.4) is 0 Å². The molecule has 3 aromatic rings. The predicted molar refractivity (Wildman–Crippen MR) is 107 cm³/mol. The fourth-order valence-corrected chi connectivity index (χ4v) is 2.32. The van der Waals surface area contributed by atoms with Crippen LogP contribution in [0.2, 0.25) is 0 Å². The van der Waals surface area contributed by atoms with E-state index in [1.54, 1.807) is 54.6 Å². The van der Waals surface area contributed by atoms with Crippen LogP contribution in [-0.2, 0) is 4.79 Å². The van der Waals surface area contributed by atoms with Gasteiger partial charge < -0.3 is 9.47 Å². The van der Waals surface area contributed by atoms with E-state index in [0.717, 1.165) is 0 Å². The van der Waals surface area contributed by atoms with Gasteiger partial charge in [0.1, 0.15) is 11.5 Å². The number of nitro groups is 1. The zero-order valence-corrected chi connectivity index (χ0v) is 15.2. The average molecular weight is 391 g/mol. The number of nitrogens with one attached hydrogen (secondary N) is 1. The number of carbonyl (C=O) groups excluding carboxylic acids is 1. The third-order valence-electron chi connectivity index (χ3n) is 3.66. The molecular weight excluding hydrogens is 374 g/mol. The van der Waals surface area contributed by atoms with Crippen molar-refractivity contribution in [2.45, 2.75) is 6.29 Å². The van der Waals surface area contributed by atoms with Gasteiger partial charge in [0.2, 0.25) is 0 Å². The van der Waals surface area contributed by atoms with Gasteiger partial charge in [-0.25, -0.2) is 5.43 Å². The van der Waals surface area contributed by atoms with E-state index in [1.165, 1.54) is 24.4 Å². The van der Waals surface area contributed by atoms with Crippen LogP contribution in [0.5, 0.6) is 11.5 Å². The molecule has 0 unspecified atom stereocenters. The van der Waals surface area contributed by atoms with Gasteiger partial charge in [-0.05, 0) is 24.3 Å². The van der Waals surface area contributed by atoms with Gasteiger partial charge >= 0.3 is 12.2 Å². The average Bonchev–Trinajstić information content (AvgIpc) is 2.75. The highest BCUT2D eigenvalue weighted by Gasteiger charge is 2.22. The Morgan fingerprint density at radius 3 is 2.07 bits per heavy atom. The summed E-state index contributed by atoms with van der Waals surface area (Å²) in [5.74, 6) is 0.261. The number of hydrogen-bond donors (Lipinski definition) is 1. The molecule has 0 aliphatic rings. The van der Waals surface area contributed by atoms with Crippen molar-refractivity contribution in [1.82, 2.24) is 5.43 Å². The second-order valence-electron chi connectivity index (χ2n) is 5.78. The van der Waals surface area contributed by atoms with Crippen molar-refractivity contribution in [2.75, 3.05) is 0 Å². The zero-order valence-electron chi connectivity index (χ0n) is 15.2. The molecule has 3 aromatic carbocycles. The number of para-hydroxylation sites is 2. The van der Waals surface area contributed by atoms with Crippen molar-refractivity contribution in [2.24, 2.45) is 5.10 Å². The van der Waals surface area contributed by atoms with E-state index in [4.69, 9.17) is 9.47 Å². The fourth-order valence-electron chi connectivity index (χ4n) is 2.32. The highest BCUT2D eigenvalue weighted by molar-refractivity contribution is 5.84. The number of nitro benzene ring substituents is 1. The van der Waals surface area contributed by atoms with Crippen molar-refractivity contribution >= 4 is 17.8 Å². The molecular formula is C21H17N3O5. The number of hydrogen-bond acceptors (Lipinski definition) is 6. The SMILES string of the molecule is O=C(N/N=C\c1cccc([N+](=O)[O-])c1)C(Oc1ccccc1)Oc1ccccc1. The third kappa shape index (κ3) is 5.90. The van der Waals surface area contributed by atoms with Crippen LogP contribution >= 0.6 is 0 Å². The van der Waals surface area contributed by atoms with Crippen LogP contribution in [0.25, 0.3) is 0 Å². The lowest BCUT2D eigenvalue weighted by Gasteiger charge is -2.18. The third-order valence-corrected chi connectivity index (χ3v) is 3.66. The summed E-state index contributed by atoms with van der Waals surface area (Å²) < 4.78 is 11.3. The Hall–Kier alpha value is -4.20. The van der Waals surface area contributed by atoms with Gasteiger partial charge in [0, 0.05) is 17.7 Å². The number of non-ortho nitro benzene ring substituents is 1. The van der Waals surface area contributed by atoms with Gasteiger partial charge in [-0.15, -0.1) is 0 Å². The second-order valence-corrected chi connectivity index (χ2v) is 5.78. The molecule has 0 radical (unpaired) electrons. The van der Waals surface area contributed by atoms with Crippen molar-refractivity contribution in [3.05, 3.63) is 101 Å². The summed E-state index contributed by atoms with van der Waals surface area (Å²) in [5.41, 5.74) is 2.72. The Bertz CT molecular complexity index is 952. The van der Waals surface area contributed by atoms with Crippen LogP contribution < -0.4 is 14.9 Å². The molecule has 146 valence electrons. The minimum Gasteiger partial charge on any atom is -0.446 e. The smallest absolute Gasteiger partial charge is 0.323 e. The first-order valence-electron chi connectivity index (χ1n) is 8.62. The maximum Gasteiger partial charge on any atom is 0.323 e. The molecule has 29 heavy (non-hydrogen) atoms. The molecule has 0 aliphatic carbocycles. The molecule has 8 heteroatoms. The molecule has 0 atom stereocenters. The van der Waals surface area contributed by atoms with Crippen molar-refractivity contribution in [1.29, 1.82) is 0 Å². The van der Waals surface area contributed by atoms with Crippen molar-refractivity contribution in [3.63, 3.8) is 0 Å². The molecule has 8 nitrogen and oxygen atoms in total. The van der Waals surface area contributed by atoms with E-state index in [0.29, 0.717) is 17.1 Å². The number of rotatable bonds is 8. The summed E-state index contributed by atoms with van der Waals surface area (Å²) >= 11 is 0. The molecule has 3 rings (SSSR count). The predicted octanol–water partition coefficient (Wildman–Crippen LogP) is 3.53. The molecule has 1 amide bonds. The highest BCUT2D eigenvalue weighted by atomic mass is 16.7. The van der Waals surface area contributed by atoms with Crippen LogP contribution in [0.4, 0.5) is 5.69 Å². The Morgan fingerprint density at radius 2 is 1.52 bits per heavy atom. The maximum atomic E-state index is 12.5. The minimum absolute atomic E-state index is 0.0713. The molecule has 0 aliphatic heterocycles. The summed E-state index contributed by atoms with van der Waals surface area (Å²) in [5, 5.41) is 14.7. The van der Waals surface area contributed by atoms with Gasteiger partial charge in [0.05, 0.1) is 11.1 Å². The number of carbonyl (C=O) groups is 1. The number of nitrogens with zero attached hydrogens (tertiary/aromatic N) is 2. The lowest BCUT2D eigenvalue weighted by molar-refractivity contribution is -0.384. The number of hydrazone groups is 1. The van der Waals surface area contributed by atoms with E-state index in [1.807, 2.05) is 12.1 Å². The number of ether oxygens (including phenoxy) is 2. The van der Waals surface area contributed by atoms with Crippen LogP contribution in [0.1, 0.15) is 5.56 Å². The largest absolute Gasteiger partial charge is 0.446 e. The highest BCUT2D eigenvalue weighted by Crippen LogP contribution is 2.16. The Labute approximate surface area is 166 Å². The zero-order chi connectivity index (χ0) is 20.5. The van der Waals surface area contributed by atoms with Crippen LogP contribution in [-0.4, -0.2) is 23.3 Å². The van der Waals surface area contributed by atoms with Gasteiger partial charge in [-0.2, -0.15) is 5.10 Å². The standard InChI is InChI=1S/C21H17N3O5/c25-20(23-22-15-16-8-7-9-17(14-16)24(26)27)21(28-18-10-3-1-4-11-18)29-19-12-5-2-6-13-19/h1-15,21H,(H,23,25)/b22-15-. The first-order chi connectivity index (χ1) is 14.1. The summed E-state index contributed by atoms with van der Waals surface area (Å²) in [6, 6.07) is 23.4. The molecule has 0 bridgehead atoms. The molecule has 0 spiro atoms. The van der Waals surface area contributed by atoms with Crippen LogP contribution in [0, 0.1) is 10.1 Å². The van der Waals surface area contributed by atoms with E-state index in [2.05, 4.69) is 10.5 Å². The summed E-state index contributed by atoms with van der Waals surface area (Å²) in [6.45, 7) is 0. The molecule has 0 fully saturated rings. The fraction of sp³-hybridized carbons (Fsp3) is 0.0476. The quantitative estimate of drug-likeness (QED) is 0.274. The van der Waals surface area contributed by atoms with Gasteiger partial charge in [0.15, 0.2) is 0 Å². The van der Waals surface area contributed by atoms with E-state index in [-0.39, 0.29) is 5.69 Å². The van der Waals surface area contributed by atoms with Gasteiger partial charge in [-0.3, -0.25) is 14.9 Å². The molecule has 0 saturated heterocycles. The van der Waals surface area contributed by atoms with Crippen LogP contribution in [0.15, 0.2) is 90.0 Å². The van der Waals surface area contributed by atoms with Crippen molar-refractivity contribution in [3.8, 4) is 11.5 Å². The summed E-state index contributed by atoms with van der Waals surface area (Å²) in [4.78, 5) is 22.9. The molecule has 0 heterocycles. The Morgan fingerprint density at radius 1 is 0.931 bits per heavy atom. The lowest BCUT2D eigenvalue weighted by Crippen LogP contribution is -2.40. The summed E-state index contributed by atoms with van der Waals surface area (Å²) in [6.07, 6.45) is 0.00885. The van der Waals surface area contributed by atoms with Gasteiger partial charge in [0.25, 0.3) is 5.69 Å². The lowest BCUT2D eigenvalue weighted by atomic mass is 10.2. The molecule has 1 N–H and O–H groups in total. The summed E-state index contributed by atoms with van der Waals surface area (Å²) in [7, 11) is 0. The number of amides is 1. The normalized spacial score (nSPS) is 10.7. The van der Waals surface area contributed by atoms with E-state index < -0.39 is 17.1 Å². The number of benzene rings is 3. The second kappa shape index (κ2) is 9.65. The van der Waals surface area contributed by atoms with Gasteiger partial charge in [-0.1, -0.05) is 48.5 Å². The maximum absolute atomic E-state index is 12.5. The van der Waals surface area contributed by atoms with E-state index >= 15 is 0 Å². The molecule has 0 saturated carbocycles. The van der Waals surface area contributed by atoms with E-state index in [9.17, 15) is 14.9 Å². The monoisotopic (exact) mass is 391 g/mol. The first kappa shape index (κ1) is 19.6. The molecule has 0 aromatic heterocycles. The Balaban J connectivity index is 1.70. The topological polar surface area (TPSA) is 103 Å². The first-order valence-corrected chi connectivity index (χ1v) is 8.62. The Kier molecular flexibility index (Phi) is 6.51. The van der Waals surface area contributed by atoms with Crippen molar-refractivity contribution < 1.29 is 19.2 Å². The minimum atomic E-state index is -1.29.